The Bertz CT molecular complexity index is 1160. The van der Waals surface area contributed by atoms with Crippen LogP contribution in [0.3, 0.4) is 0 Å². The van der Waals surface area contributed by atoms with E-state index in [-0.39, 0.29) is 0 Å². The van der Waals surface area contributed by atoms with Gasteiger partial charge in [0.1, 0.15) is 11.5 Å². The Hall–Kier alpha value is -2.32. The van der Waals surface area contributed by atoms with E-state index in [1.165, 1.54) is 0 Å². The normalized spacial score (nSPS) is 13.7. The van der Waals surface area contributed by atoms with Gasteiger partial charge in [0.05, 0.1) is 23.4 Å². The minimum Gasteiger partial charge on any atom is -0.325 e. The number of halogens is 1. The molecule has 4 heterocycles. The van der Waals surface area contributed by atoms with Gasteiger partial charge in [-0.2, -0.15) is 0 Å². The highest BCUT2D eigenvalue weighted by atomic mass is 127. The molecule has 1 aliphatic rings. The summed E-state index contributed by atoms with van der Waals surface area (Å²) < 4.78 is 3.47. The molecule has 0 radical (unpaired) electrons. The van der Waals surface area contributed by atoms with Crippen LogP contribution in [0.5, 0.6) is 0 Å². The van der Waals surface area contributed by atoms with E-state index in [4.69, 9.17) is 9.97 Å². The number of benzene rings is 1. The van der Waals surface area contributed by atoms with E-state index in [1.807, 2.05) is 31.3 Å². The van der Waals surface area contributed by atoms with Crippen LogP contribution in [0.1, 0.15) is 11.5 Å². The van der Waals surface area contributed by atoms with Gasteiger partial charge in [0.15, 0.2) is 0 Å². The summed E-state index contributed by atoms with van der Waals surface area (Å²) in [5.74, 6) is 1.07. The summed E-state index contributed by atoms with van der Waals surface area (Å²) in [7, 11) is 0. The molecule has 1 aliphatic heterocycles. The monoisotopic (exact) mass is 467 g/mol. The molecule has 0 saturated carbocycles. The number of pyridine rings is 2. The summed E-state index contributed by atoms with van der Waals surface area (Å²) in [6, 6.07) is 14.7. The standard InChI is InChI=1S/C21H18IN5/c1-13-3-2-4-18(25-13)20-21(27-8-7-23-12-19(27)26-20)14-5-6-17-15(9-14)10-16(22)11-24-17/h2-6,9-11,23H,7-8,12H2,1H3. The average molecular weight is 467 g/mol. The van der Waals surface area contributed by atoms with Gasteiger partial charge in [-0.15, -0.1) is 0 Å². The van der Waals surface area contributed by atoms with Crippen molar-refractivity contribution in [3.8, 4) is 22.6 Å². The zero-order valence-corrected chi connectivity index (χ0v) is 17.1. The van der Waals surface area contributed by atoms with Crippen LogP contribution in [-0.2, 0) is 13.1 Å². The third kappa shape index (κ3) is 3.02. The number of hydrogen-bond donors (Lipinski definition) is 1. The van der Waals surface area contributed by atoms with Gasteiger partial charge < -0.3 is 9.88 Å². The molecule has 4 aromatic rings. The number of aromatic nitrogens is 4. The Kier molecular flexibility index (Phi) is 4.17. The summed E-state index contributed by atoms with van der Waals surface area (Å²) in [5, 5.41) is 4.56. The number of hydrogen-bond acceptors (Lipinski definition) is 4. The number of fused-ring (bicyclic) bond motifs is 2. The van der Waals surface area contributed by atoms with Gasteiger partial charge in [0.2, 0.25) is 0 Å². The van der Waals surface area contributed by atoms with Gasteiger partial charge in [0, 0.05) is 39.5 Å². The van der Waals surface area contributed by atoms with E-state index in [0.29, 0.717) is 0 Å². The maximum Gasteiger partial charge on any atom is 0.124 e. The van der Waals surface area contributed by atoms with Gasteiger partial charge >= 0.3 is 0 Å². The predicted molar refractivity (Wildman–Crippen MR) is 115 cm³/mol. The molecule has 0 aliphatic carbocycles. The number of imidazole rings is 1. The van der Waals surface area contributed by atoms with E-state index < -0.39 is 0 Å². The SMILES string of the molecule is Cc1cccc(-c2nc3n(c2-c2ccc4ncc(I)cc4c2)CCNC3)n1. The first-order chi connectivity index (χ1) is 13.2. The zero-order valence-electron chi connectivity index (χ0n) is 14.9. The van der Waals surface area contributed by atoms with Gasteiger partial charge in [0.25, 0.3) is 0 Å². The van der Waals surface area contributed by atoms with Crippen molar-refractivity contribution in [2.75, 3.05) is 6.54 Å². The number of rotatable bonds is 2. The quantitative estimate of drug-likeness (QED) is 0.450. The number of nitrogens with zero attached hydrogens (tertiary/aromatic N) is 4. The Labute approximate surface area is 171 Å². The second-order valence-corrected chi connectivity index (χ2v) is 8.02. The maximum absolute atomic E-state index is 4.96. The summed E-state index contributed by atoms with van der Waals surface area (Å²) in [6.07, 6.45) is 1.90. The molecule has 0 atom stereocenters. The van der Waals surface area contributed by atoms with Crippen LogP contribution in [0.2, 0.25) is 0 Å². The summed E-state index contributed by atoms with van der Waals surface area (Å²) in [4.78, 5) is 14.2. The average Bonchev–Trinajstić information content (AvgIpc) is 3.07. The molecule has 27 heavy (non-hydrogen) atoms. The predicted octanol–water partition coefficient (Wildman–Crippen LogP) is 4.18. The van der Waals surface area contributed by atoms with Crippen LogP contribution in [0.4, 0.5) is 0 Å². The lowest BCUT2D eigenvalue weighted by molar-refractivity contribution is 0.508. The Balaban J connectivity index is 1.76. The molecule has 0 saturated heterocycles. The molecular weight excluding hydrogens is 449 g/mol. The molecule has 1 aromatic carbocycles. The van der Waals surface area contributed by atoms with Crippen molar-refractivity contribution in [2.24, 2.45) is 0 Å². The van der Waals surface area contributed by atoms with Gasteiger partial charge in [-0.05, 0) is 59.8 Å². The first kappa shape index (κ1) is 16.8. The molecule has 0 unspecified atom stereocenters. The maximum atomic E-state index is 4.96. The first-order valence-electron chi connectivity index (χ1n) is 8.99. The van der Waals surface area contributed by atoms with Gasteiger partial charge in [-0.25, -0.2) is 4.98 Å². The molecule has 0 spiro atoms. The highest BCUT2D eigenvalue weighted by molar-refractivity contribution is 14.1. The first-order valence-corrected chi connectivity index (χ1v) is 10.1. The van der Waals surface area contributed by atoms with Gasteiger partial charge in [-0.3, -0.25) is 9.97 Å². The minimum atomic E-state index is 0.784. The fourth-order valence-electron chi connectivity index (χ4n) is 3.66. The van der Waals surface area contributed by atoms with E-state index in [0.717, 1.165) is 68.3 Å². The third-order valence-electron chi connectivity index (χ3n) is 4.89. The highest BCUT2D eigenvalue weighted by Crippen LogP contribution is 2.34. The van der Waals surface area contributed by atoms with Crippen molar-refractivity contribution >= 4 is 33.5 Å². The van der Waals surface area contributed by atoms with Crippen LogP contribution < -0.4 is 5.32 Å². The Morgan fingerprint density at radius 1 is 1.11 bits per heavy atom. The smallest absolute Gasteiger partial charge is 0.124 e. The van der Waals surface area contributed by atoms with E-state index in [2.05, 4.69) is 61.7 Å². The molecule has 0 fully saturated rings. The fourth-order valence-corrected chi connectivity index (χ4v) is 4.14. The van der Waals surface area contributed by atoms with Crippen molar-refractivity contribution in [1.29, 1.82) is 0 Å². The molecule has 0 bridgehead atoms. The van der Waals surface area contributed by atoms with Crippen molar-refractivity contribution in [3.05, 3.63) is 63.7 Å². The minimum absolute atomic E-state index is 0.784. The lowest BCUT2D eigenvalue weighted by atomic mass is 10.0. The Morgan fingerprint density at radius 2 is 2.04 bits per heavy atom. The highest BCUT2D eigenvalue weighted by Gasteiger charge is 2.22. The zero-order chi connectivity index (χ0) is 18.4. The number of nitrogens with one attached hydrogen (secondary N) is 1. The van der Waals surface area contributed by atoms with Crippen molar-refractivity contribution in [3.63, 3.8) is 0 Å². The molecule has 5 rings (SSSR count). The molecule has 6 heteroatoms. The molecule has 1 N–H and O–H groups in total. The summed E-state index contributed by atoms with van der Waals surface area (Å²) >= 11 is 2.31. The molecule has 3 aromatic heterocycles. The fraction of sp³-hybridized carbons (Fsp3) is 0.190. The lowest BCUT2D eigenvalue weighted by Gasteiger charge is -2.18. The third-order valence-corrected chi connectivity index (χ3v) is 5.48. The van der Waals surface area contributed by atoms with Crippen LogP contribution >= 0.6 is 22.6 Å². The molecule has 0 amide bonds. The Morgan fingerprint density at radius 3 is 2.93 bits per heavy atom. The van der Waals surface area contributed by atoms with Crippen LogP contribution in [0, 0.1) is 10.5 Å². The topological polar surface area (TPSA) is 55.6 Å². The number of aryl methyl sites for hydroxylation is 1. The van der Waals surface area contributed by atoms with Crippen LogP contribution in [-0.4, -0.2) is 26.1 Å². The van der Waals surface area contributed by atoms with Crippen LogP contribution in [0.25, 0.3) is 33.5 Å². The largest absolute Gasteiger partial charge is 0.325 e. The van der Waals surface area contributed by atoms with Crippen LogP contribution in [0.15, 0.2) is 48.7 Å². The molecule has 134 valence electrons. The summed E-state index contributed by atoms with van der Waals surface area (Å²) in [5.41, 5.74) is 6.19. The van der Waals surface area contributed by atoms with E-state index in [9.17, 15) is 0 Å². The van der Waals surface area contributed by atoms with Crippen molar-refractivity contribution < 1.29 is 0 Å². The van der Waals surface area contributed by atoms with Gasteiger partial charge in [-0.1, -0.05) is 12.1 Å². The summed E-state index contributed by atoms with van der Waals surface area (Å²) in [6.45, 7) is 4.66. The molecular formula is C21H18IN5. The second-order valence-electron chi connectivity index (χ2n) is 6.78. The lowest BCUT2D eigenvalue weighted by Crippen LogP contribution is -2.28. The van der Waals surface area contributed by atoms with E-state index >= 15 is 0 Å². The van der Waals surface area contributed by atoms with E-state index in [1.54, 1.807) is 0 Å². The van der Waals surface area contributed by atoms with Crippen molar-refractivity contribution in [1.82, 2.24) is 24.8 Å². The second kappa shape index (κ2) is 6.69. The van der Waals surface area contributed by atoms with Crippen molar-refractivity contribution in [2.45, 2.75) is 20.0 Å². The molecule has 5 nitrogen and oxygen atoms in total.